The molecule has 132 valence electrons. The van der Waals surface area contributed by atoms with Gasteiger partial charge in [-0.25, -0.2) is 0 Å². The topological polar surface area (TPSA) is 71.1 Å². The number of hydrogen-bond acceptors (Lipinski definition) is 3. The van der Waals surface area contributed by atoms with E-state index in [-0.39, 0.29) is 11.8 Å². The molecule has 1 aromatic heterocycles. The Hall–Kier alpha value is -2.40. The van der Waals surface area contributed by atoms with Gasteiger partial charge in [-0.3, -0.25) is 14.6 Å². The quantitative estimate of drug-likeness (QED) is 0.711. The predicted octanol–water partition coefficient (Wildman–Crippen LogP) is 3.24. The summed E-state index contributed by atoms with van der Waals surface area (Å²) in [5.74, 6) is -0.465. The number of benzene rings is 1. The Morgan fingerprint density at radius 1 is 1.04 bits per heavy atom. The van der Waals surface area contributed by atoms with Gasteiger partial charge in [0.15, 0.2) is 0 Å². The third-order valence-electron chi connectivity index (χ3n) is 3.67. The molecule has 2 amide bonds. The lowest BCUT2D eigenvalue weighted by atomic mass is 10.1. The van der Waals surface area contributed by atoms with E-state index in [0.717, 1.165) is 18.4 Å². The molecule has 1 heterocycles. The maximum absolute atomic E-state index is 12.2. The Balaban J connectivity index is 1.88. The molecule has 2 N–H and O–H groups in total. The number of carbonyl (C=O) groups is 2. The van der Waals surface area contributed by atoms with Crippen molar-refractivity contribution in [2.45, 2.75) is 26.2 Å². The van der Waals surface area contributed by atoms with Gasteiger partial charge >= 0.3 is 0 Å². The first-order chi connectivity index (χ1) is 12.1. The molecule has 25 heavy (non-hydrogen) atoms. The highest BCUT2D eigenvalue weighted by atomic mass is 35.5. The number of pyridine rings is 1. The number of hydrogen-bond donors (Lipinski definition) is 2. The number of nitrogens with zero attached hydrogens (tertiary/aromatic N) is 1. The minimum atomic E-state index is -0.252. The maximum atomic E-state index is 12.2. The molecule has 0 aliphatic rings. The third kappa shape index (κ3) is 6.19. The molecular formula is C19H22ClN3O2. The molecule has 0 bridgehead atoms. The van der Waals surface area contributed by atoms with E-state index >= 15 is 0 Å². The summed E-state index contributed by atoms with van der Waals surface area (Å²) in [5.41, 5.74) is 1.81. The van der Waals surface area contributed by atoms with Gasteiger partial charge in [0.05, 0.1) is 11.1 Å². The Labute approximate surface area is 152 Å². The van der Waals surface area contributed by atoms with Gasteiger partial charge in [-0.15, -0.1) is 0 Å². The summed E-state index contributed by atoms with van der Waals surface area (Å²) in [7, 11) is 0. The van der Waals surface area contributed by atoms with Crippen LogP contribution in [0.15, 0.2) is 42.7 Å². The van der Waals surface area contributed by atoms with Crippen LogP contribution >= 0.6 is 11.6 Å². The van der Waals surface area contributed by atoms with Crippen molar-refractivity contribution in [1.29, 1.82) is 0 Å². The van der Waals surface area contributed by atoms with Gasteiger partial charge < -0.3 is 10.6 Å². The van der Waals surface area contributed by atoms with Crippen LogP contribution in [0, 0.1) is 0 Å². The van der Waals surface area contributed by atoms with Gasteiger partial charge in [0.2, 0.25) is 0 Å². The molecule has 0 atom stereocenters. The monoisotopic (exact) mass is 359 g/mol. The van der Waals surface area contributed by atoms with Crippen molar-refractivity contribution in [2.75, 3.05) is 13.1 Å². The molecular weight excluding hydrogens is 338 g/mol. The van der Waals surface area contributed by atoms with E-state index in [0.29, 0.717) is 35.7 Å². The fourth-order valence-electron chi connectivity index (χ4n) is 2.28. The van der Waals surface area contributed by atoms with Crippen molar-refractivity contribution in [3.63, 3.8) is 0 Å². The van der Waals surface area contributed by atoms with Crippen LogP contribution in [0.2, 0.25) is 5.02 Å². The number of aromatic nitrogens is 1. The predicted molar refractivity (Wildman–Crippen MR) is 99.0 cm³/mol. The normalized spacial score (nSPS) is 10.3. The Kier molecular flexibility index (Phi) is 7.41. The molecule has 0 aliphatic heterocycles. The number of rotatable bonds is 8. The zero-order valence-electron chi connectivity index (χ0n) is 14.2. The standard InChI is InChI=1S/C19H22ClN3O2/c1-2-3-8-22-18(24)15-11-16(13-21-12-15)19(25)23-9-7-14-5-4-6-17(20)10-14/h4-6,10-13H,2-3,7-9H2,1H3,(H,22,24)(H,23,25). The molecule has 0 saturated carbocycles. The lowest BCUT2D eigenvalue weighted by molar-refractivity contribution is 0.0952. The van der Waals surface area contributed by atoms with E-state index < -0.39 is 0 Å². The van der Waals surface area contributed by atoms with Crippen LogP contribution in [0.25, 0.3) is 0 Å². The van der Waals surface area contributed by atoms with Crippen molar-refractivity contribution in [1.82, 2.24) is 15.6 Å². The van der Waals surface area contributed by atoms with Crippen molar-refractivity contribution in [2.24, 2.45) is 0 Å². The first-order valence-corrected chi connectivity index (χ1v) is 8.74. The van der Waals surface area contributed by atoms with E-state index in [2.05, 4.69) is 22.5 Å². The van der Waals surface area contributed by atoms with Gasteiger partial charge in [0, 0.05) is 30.5 Å². The molecule has 0 radical (unpaired) electrons. The Morgan fingerprint density at radius 3 is 2.36 bits per heavy atom. The van der Waals surface area contributed by atoms with Crippen LogP contribution in [-0.2, 0) is 6.42 Å². The van der Waals surface area contributed by atoms with E-state index in [1.54, 1.807) is 6.07 Å². The molecule has 0 aliphatic carbocycles. The van der Waals surface area contributed by atoms with Gasteiger partial charge in [-0.1, -0.05) is 37.1 Å². The summed E-state index contributed by atoms with van der Waals surface area (Å²) in [6.07, 6.45) is 5.52. The molecule has 0 saturated heterocycles. The first kappa shape index (κ1) is 18.9. The summed E-state index contributed by atoms with van der Waals surface area (Å²) < 4.78 is 0. The van der Waals surface area contributed by atoms with E-state index in [1.807, 2.05) is 24.3 Å². The average molecular weight is 360 g/mol. The number of unbranched alkanes of at least 4 members (excludes halogenated alkanes) is 1. The SMILES string of the molecule is CCCCNC(=O)c1cncc(C(=O)NCCc2cccc(Cl)c2)c1. The lowest BCUT2D eigenvalue weighted by Gasteiger charge is -2.08. The first-order valence-electron chi connectivity index (χ1n) is 8.36. The van der Waals surface area contributed by atoms with E-state index in [9.17, 15) is 9.59 Å². The van der Waals surface area contributed by atoms with Gasteiger partial charge in [0.25, 0.3) is 11.8 Å². The molecule has 0 spiro atoms. The van der Waals surface area contributed by atoms with Crippen molar-refractivity contribution in [3.05, 3.63) is 64.4 Å². The largest absolute Gasteiger partial charge is 0.352 e. The minimum absolute atomic E-state index is 0.213. The fourth-order valence-corrected chi connectivity index (χ4v) is 2.50. The molecule has 1 aromatic carbocycles. The van der Waals surface area contributed by atoms with Crippen LogP contribution < -0.4 is 10.6 Å². The number of nitrogens with one attached hydrogen (secondary N) is 2. The highest BCUT2D eigenvalue weighted by Gasteiger charge is 2.11. The summed E-state index contributed by atoms with van der Waals surface area (Å²) in [6.45, 7) is 3.15. The van der Waals surface area contributed by atoms with Crippen LogP contribution in [0.5, 0.6) is 0 Å². The smallest absolute Gasteiger partial charge is 0.252 e. The van der Waals surface area contributed by atoms with E-state index in [1.165, 1.54) is 12.4 Å². The fraction of sp³-hybridized carbons (Fsp3) is 0.316. The zero-order chi connectivity index (χ0) is 18.1. The molecule has 2 rings (SSSR count). The molecule has 2 aromatic rings. The average Bonchev–Trinajstić information content (AvgIpc) is 2.62. The lowest BCUT2D eigenvalue weighted by Crippen LogP contribution is -2.27. The number of halogens is 1. The third-order valence-corrected chi connectivity index (χ3v) is 3.90. The van der Waals surface area contributed by atoms with Crippen LogP contribution in [-0.4, -0.2) is 29.9 Å². The van der Waals surface area contributed by atoms with Crippen molar-refractivity contribution in [3.8, 4) is 0 Å². The van der Waals surface area contributed by atoms with Crippen LogP contribution in [0.4, 0.5) is 0 Å². The Bertz CT molecular complexity index is 734. The molecule has 5 nitrogen and oxygen atoms in total. The minimum Gasteiger partial charge on any atom is -0.352 e. The second kappa shape index (κ2) is 9.79. The highest BCUT2D eigenvalue weighted by molar-refractivity contribution is 6.30. The summed E-state index contributed by atoms with van der Waals surface area (Å²) in [6, 6.07) is 9.08. The van der Waals surface area contributed by atoms with Crippen molar-refractivity contribution < 1.29 is 9.59 Å². The second-order valence-electron chi connectivity index (χ2n) is 5.71. The van der Waals surface area contributed by atoms with Crippen LogP contribution in [0.3, 0.4) is 0 Å². The van der Waals surface area contributed by atoms with Gasteiger partial charge in [-0.05, 0) is 36.6 Å². The van der Waals surface area contributed by atoms with E-state index in [4.69, 9.17) is 11.6 Å². The summed E-state index contributed by atoms with van der Waals surface area (Å²) in [5, 5.41) is 6.32. The molecule has 6 heteroatoms. The van der Waals surface area contributed by atoms with Crippen molar-refractivity contribution >= 4 is 23.4 Å². The van der Waals surface area contributed by atoms with Crippen LogP contribution in [0.1, 0.15) is 46.0 Å². The molecule has 0 unspecified atom stereocenters. The summed E-state index contributed by atoms with van der Waals surface area (Å²) >= 11 is 5.94. The number of amides is 2. The van der Waals surface area contributed by atoms with Gasteiger partial charge in [0.1, 0.15) is 0 Å². The Morgan fingerprint density at radius 2 is 1.72 bits per heavy atom. The highest BCUT2D eigenvalue weighted by Crippen LogP contribution is 2.10. The second-order valence-corrected chi connectivity index (χ2v) is 6.14. The molecule has 0 fully saturated rings. The number of carbonyl (C=O) groups excluding carboxylic acids is 2. The van der Waals surface area contributed by atoms with Gasteiger partial charge in [-0.2, -0.15) is 0 Å². The summed E-state index contributed by atoms with van der Waals surface area (Å²) in [4.78, 5) is 28.3. The maximum Gasteiger partial charge on any atom is 0.252 e. The zero-order valence-corrected chi connectivity index (χ0v) is 15.0.